The van der Waals surface area contributed by atoms with E-state index < -0.39 is 15.8 Å². The van der Waals surface area contributed by atoms with Gasteiger partial charge < -0.3 is 9.47 Å². The van der Waals surface area contributed by atoms with E-state index in [1.165, 1.54) is 23.5 Å². The smallest absolute Gasteiger partial charge is 0.243 e. The summed E-state index contributed by atoms with van der Waals surface area (Å²) in [6.45, 7) is 0.964. The Morgan fingerprint density at radius 2 is 1.91 bits per heavy atom. The van der Waals surface area contributed by atoms with Gasteiger partial charge in [-0.3, -0.25) is 4.68 Å². The molecule has 7 nitrogen and oxygen atoms in total. The number of hydrogen-bond donors (Lipinski definition) is 0. The second-order valence-electron chi connectivity index (χ2n) is 7.49. The Kier molecular flexibility index (Phi) is 6.52. The maximum Gasteiger partial charge on any atom is 0.243 e. The van der Waals surface area contributed by atoms with Gasteiger partial charge in [0.05, 0.1) is 30.9 Å². The largest absolute Gasteiger partial charge is 0.497 e. The average Bonchev–Trinajstić information content (AvgIpc) is 3.10. The van der Waals surface area contributed by atoms with E-state index in [2.05, 4.69) is 5.10 Å². The summed E-state index contributed by atoms with van der Waals surface area (Å²) in [5.74, 6) is 0.188. The monoisotopic (exact) mass is 479 g/mol. The number of methoxy groups -OCH3 is 1. The van der Waals surface area contributed by atoms with Crippen molar-refractivity contribution in [2.75, 3.05) is 13.7 Å². The number of halogens is 2. The molecule has 0 radical (unpaired) electrons. The molecule has 3 aromatic rings. The molecule has 32 heavy (non-hydrogen) atoms. The van der Waals surface area contributed by atoms with Crippen molar-refractivity contribution in [3.63, 3.8) is 0 Å². The predicted octanol–water partition coefficient (Wildman–Crippen LogP) is 3.69. The molecule has 0 aliphatic carbocycles. The van der Waals surface area contributed by atoms with Crippen LogP contribution in [-0.4, -0.2) is 36.2 Å². The molecule has 0 saturated heterocycles. The van der Waals surface area contributed by atoms with Crippen LogP contribution < -0.4 is 4.74 Å². The zero-order chi connectivity index (χ0) is 22.9. The minimum atomic E-state index is -3.66. The van der Waals surface area contributed by atoms with Gasteiger partial charge in [0.15, 0.2) is 0 Å². The molecule has 0 spiro atoms. The van der Waals surface area contributed by atoms with Gasteiger partial charge in [0, 0.05) is 42.8 Å². The molecule has 2 aromatic carbocycles. The molecule has 170 valence electrons. The van der Waals surface area contributed by atoms with Crippen molar-refractivity contribution in [1.82, 2.24) is 14.1 Å². The normalized spacial score (nSPS) is 14.4. The second-order valence-corrected chi connectivity index (χ2v) is 9.83. The van der Waals surface area contributed by atoms with Gasteiger partial charge in [0.2, 0.25) is 10.0 Å². The minimum Gasteiger partial charge on any atom is -0.497 e. The first-order valence-corrected chi connectivity index (χ1v) is 11.8. The van der Waals surface area contributed by atoms with Gasteiger partial charge in [-0.1, -0.05) is 17.7 Å². The highest BCUT2D eigenvalue weighted by atomic mass is 35.5. The fourth-order valence-electron chi connectivity index (χ4n) is 3.76. The Morgan fingerprint density at radius 1 is 1.16 bits per heavy atom. The van der Waals surface area contributed by atoms with Crippen molar-refractivity contribution in [2.24, 2.45) is 7.05 Å². The summed E-state index contributed by atoms with van der Waals surface area (Å²) in [6, 6.07) is 10.5. The zero-order valence-electron chi connectivity index (χ0n) is 17.7. The van der Waals surface area contributed by atoms with Crippen molar-refractivity contribution < 1.29 is 22.3 Å². The van der Waals surface area contributed by atoms with Crippen LogP contribution in [-0.2, 0) is 48.0 Å². The SMILES string of the molecule is COc1ccc(S(=O)(=O)N2CCc3c(c(COCc4ccc(F)cc4Cl)nn3C)C2)cc1. The lowest BCUT2D eigenvalue weighted by atomic mass is 10.1. The van der Waals surface area contributed by atoms with E-state index in [1.807, 2.05) is 7.05 Å². The first kappa shape index (κ1) is 22.7. The molecule has 1 aliphatic rings. The van der Waals surface area contributed by atoms with Crippen LogP contribution in [0.25, 0.3) is 0 Å². The van der Waals surface area contributed by atoms with Crippen molar-refractivity contribution in [3.8, 4) is 5.75 Å². The number of benzene rings is 2. The fraction of sp³-hybridized carbons (Fsp3) is 0.318. The quantitative estimate of drug-likeness (QED) is 0.516. The minimum absolute atomic E-state index is 0.188. The summed E-state index contributed by atoms with van der Waals surface area (Å²) in [5.41, 5.74) is 3.18. The number of rotatable bonds is 7. The summed E-state index contributed by atoms with van der Waals surface area (Å²) in [5, 5.41) is 4.83. The third-order valence-corrected chi connectivity index (χ3v) is 7.71. The number of aromatic nitrogens is 2. The highest BCUT2D eigenvalue weighted by molar-refractivity contribution is 7.89. The zero-order valence-corrected chi connectivity index (χ0v) is 19.3. The van der Waals surface area contributed by atoms with Crippen molar-refractivity contribution in [2.45, 2.75) is 31.1 Å². The van der Waals surface area contributed by atoms with Crippen LogP contribution in [0.15, 0.2) is 47.4 Å². The Labute approximate surface area is 191 Å². The number of hydrogen-bond acceptors (Lipinski definition) is 5. The van der Waals surface area contributed by atoms with E-state index in [0.717, 1.165) is 11.3 Å². The lowest BCUT2D eigenvalue weighted by molar-refractivity contribution is 0.103. The molecule has 2 heterocycles. The summed E-state index contributed by atoms with van der Waals surface area (Å²) in [4.78, 5) is 0.217. The van der Waals surface area contributed by atoms with Crippen LogP contribution in [0, 0.1) is 5.82 Å². The van der Waals surface area contributed by atoms with Gasteiger partial charge in [-0.05, 0) is 42.0 Å². The number of sulfonamides is 1. The maximum absolute atomic E-state index is 13.2. The van der Waals surface area contributed by atoms with Crippen LogP contribution in [0.3, 0.4) is 0 Å². The van der Waals surface area contributed by atoms with Gasteiger partial charge in [0.25, 0.3) is 0 Å². The lowest BCUT2D eigenvalue weighted by Crippen LogP contribution is -2.36. The van der Waals surface area contributed by atoms with Crippen LogP contribution in [0.4, 0.5) is 4.39 Å². The Balaban J connectivity index is 1.50. The Morgan fingerprint density at radius 3 is 2.59 bits per heavy atom. The molecule has 0 saturated carbocycles. The van der Waals surface area contributed by atoms with Crippen LogP contribution >= 0.6 is 11.6 Å². The first-order chi connectivity index (χ1) is 15.3. The number of nitrogens with zero attached hydrogens (tertiary/aromatic N) is 3. The highest BCUT2D eigenvalue weighted by Gasteiger charge is 2.32. The highest BCUT2D eigenvalue weighted by Crippen LogP contribution is 2.28. The van der Waals surface area contributed by atoms with Gasteiger partial charge in [-0.25, -0.2) is 12.8 Å². The van der Waals surface area contributed by atoms with E-state index in [-0.39, 0.29) is 24.7 Å². The van der Waals surface area contributed by atoms with E-state index in [4.69, 9.17) is 21.1 Å². The van der Waals surface area contributed by atoms with Crippen LogP contribution in [0.2, 0.25) is 5.02 Å². The molecule has 10 heteroatoms. The maximum atomic E-state index is 13.2. The molecule has 0 atom stereocenters. The Bertz CT molecular complexity index is 1230. The summed E-state index contributed by atoms with van der Waals surface area (Å²) < 4.78 is 53.7. The van der Waals surface area contributed by atoms with E-state index in [9.17, 15) is 12.8 Å². The third kappa shape index (κ3) is 4.52. The summed E-state index contributed by atoms with van der Waals surface area (Å²) in [6.07, 6.45) is 0.554. The molecule has 0 N–H and O–H groups in total. The second kappa shape index (κ2) is 9.19. The molecule has 0 bridgehead atoms. The number of aryl methyl sites for hydroxylation is 1. The van der Waals surface area contributed by atoms with Gasteiger partial charge in [-0.15, -0.1) is 0 Å². The molecule has 1 aliphatic heterocycles. The van der Waals surface area contributed by atoms with E-state index in [0.29, 0.717) is 35.0 Å². The number of ether oxygens (including phenoxy) is 2. The number of fused-ring (bicyclic) bond motifs is 1. The van der Waals surface area contributed by atoms with Crippen molar-refractivity contribution in [1.29, 1.82) is 0 Å². The van der Waals surface area contributed by atoms with Crippen molar-refractivity contribution >= 4 is 21.6 Å². The third-order valence-electron chi connectivity index (χ3n) is 5.50. The van der Waals surface area contributed by atoms with Gasteiger partial charge in [-0.2, -0.15) is 9.40 Å². The van der Waals surface area contributed by atoms with Gasteiger partial charge >= 0.3 is 0 Å². The standard InChI is InChI=1S/C22H23ClFN3O4S/c1-26-22-9-10-27(32(28,29)18-7-5-17(30-2)6-8-18)12-19(22)21(25-26)14-31-13-15-3-4-16(24)11-20(15)23/h3-8,11H,9-10,12-14H2,1-2H3. The summed E-state index contributed by atoms with van der Waals surface area (Å²) in [7, 11) is -0.290. The topological polar surface area (TPSA) is 73.7 Å². The molecular formula is C22H23ClFN3O4S. The molecule has 0 amide bonds. The molecule has 0 unspecified atom stereocenters. The van der Waals surface area contributed by atoms with Gasteiger partial charge in [0.1, 0.15) is 11.6 Å². The Hall–Kier alpha value is -2.46. The van der Waals surface area contributed by atoms with Crippen LogP contribution in [0.5, 0.6) is 5.75 Å². The fourth-order valence-corrected chi connectivity index (χ4v) is 5.39. The summed E-state index contributed by atoms with van der Waals surface area (Å²) >= 11 is 6.06. The first-order valence-electron chi connectivity index (χ1n) is 9.99. The van der Waals surface area contributed by atoms with E-state index >= 15 is 0 Å². The average molecular weight is 480 g/mol. The van der Waals surface area contributed by atoms with E-state index in [1.54, 1.807) is 35.0 Å². The molecule has 0 fully saturated rings. The predicted molar refractivity (Wildman–Crippen MR) is 117 cm³/mol. The van der Waals surface area contributed by atoms with Crippen molar-refractivity contribution in [3.05, 3.63) is 75.8 Å². The van der Waals surface area contributed by atoms with Crippen LogP contribution in [0.1, 0.15) is 22.5 Å². The molecular weight excluding hydrogens is 457 g/mol. The molecule has 4 rings (SSSR count). The lowest BCUT2D eigenvalue weighted by Gasteiger charge is -2.27. The molecule has 1 aromatic heterocycles.